The Bertz CT molecular complexity index is 481. The highest BCUT2D eigenvalue weighted by molar-refractivity contribution is 5.92. The van der Waals surface area contributed by atoms with Crippen LogP contribution >= 0.6 is 0 Å². The number of nitrogens with two attached hydrogens (primary N) is 1. The summed E-state index contributed by atoms with van der Waals surface area (Å²) in [6.45, 7) is 8.41. The highest BCUT2D eigenvalue weighted by atomic mass is 16.2. The van der Waals surface area contributed by atoms with Crippen molar-refractivity contribution >= 4 is 11.7 Å². The largest absolute Gasteiger partial charge is 0.327 e. The lowest BCUT2D eigenvalue weighted by atomic mass is 9.61. The molecule has 110 valence electrons. The quantitative estimate of drug-likeness (QED) is 0.872. The van der Waals surface area contributed by atoms with Crippen LogP contribution in [0.3, 0.4) is 0 Å². The fourth-order valence-corrected chi connectivity index (χ4v) is 3.07. The van der Waals surface area contributed by atoms with Gasteiger partial charge < -0.3 is 11.1 Å². The van der Waals surface area contributed by atoms with Crippen LogP contribution in [0.4, 0.5) is 5.82 Å². The molecule has 1 aliphatic rings. The van der Waals surface area contributed by atoms with Crippen molar-refractivity contribution in [3.63, 3.8) is 0 Å². The van der Waals surface area contributed by atoms with Crippen LogP contribution in [-0.4, -0.2) is 16.9 Å². The molecule has 3 atom stereocenters. The Labute approximate surface area is 121 Å². The third-order valence-electron chi connectivity index (χ3n) is 4.98. The molecule has 1 aliphatic carbocycles. The molecule has 20 heavy (non-hydrogen) atoms. The summed E-state index contributed by atoms with van der Waals surface area (Å²) in [5.41, 5.74) is 7.13. The van der Waals surface area contributed by atoms with Crippen molar-refractivity contribution in [2.75, 3.05) is 5.32 Å². The maximum absolute atomic E-state index is 12.5. The number of amides is 1. The maximum Gasteiger partial charge on any atom is 0.229 e. The normalized spacial score (nSPS) is 28.9. The van der Waals surface area contributed by atoms with Crippen LogP contribution in [0.15, 0.2) is 18.3 Å². The van der Waals surface area contributed by atoms with Gasteiger partial charge in [0.25, 0.3) is 0 Å². The Balaban J connectivity index is 2.10. The average Bonchev–Trinajstić information content (AvgIpc) is 2.38. The smallest absolute Gasteiger partial charge is 0.229 e. The summed E-state index contributed by atoms with van der Waals surface area (Å²) in [4.78, 5) is 16.8. The van der Waals surface area contributed by atoms with Gasteiger partial charge in [-0.3, -0.25) is 4.79 Å². The first-order valence-electron chi connectivity index (χ1n) is 7.31. The second kappa shape index (κ2) is 5.52. The van der Waals surface area contributed by atoms with Crippen LogP contribution in [0.2, 0.25) is 0 Å². The molecule has 2 rings (SSSR count). The summed E-state index contributed by atoms with van der Waals surface area (Å²) in [7, 11) is 0. The van der Waals surface area contributed by atoms with E-state index in [-0.39, 0.29) is 23.3 Å². The monoisotopic (exact) mass is 275 g/mol. The lowest BCUT2D eigenvalue weighted by Gasteiger charge is -2.45. The fourth-order valence-electron chi connectivity index (χ4n) is 3.07. The number of anilines is 1. The van der Waals surface area contributed by atoms with Crippen molar-refractivity contribution in [1.82, 2.24) is 4.98 Å². The summed E-state index contributed by atoms with van der Waals surface area (Å²) in [5.74, 6) is 1.00. The second-order valence-electron chi connectivity index (χ2n) is 6.61. The van der Waals surface area contributed by atoms with Gasteiger partial charge in [-0.2, -0.15) is 0 Å². The first kappa shape index (κ1) is 15.0. The first-order chi connectivity index (χ1) is 9.32. The molecule has 0 aliphatic heterocycles. The number of aryl methyl sites for hydroxylation is 1. The third kappa shape index (κ3) is 2.85. The van der Waals surface area contributed by atoms with Crippen molar-refractivity contribution in [1.29, 1.82) is 0 Å². The van der Waals surface area contributed by atoms with Gasteiger partial charge in [-0.25, -0.2) is 4.98 Å². The molecule has 1 aromatic heterocycles. The van der Waals surface area contributed by atoms with E-state index >= 15 is 0 Å². The number of carbonyl (C=O) groups is 1. The van der Waals surface area contributed by atoms with Crippen LogP contribution < -0.4 is 11.1 Å². The molecule has 4 heteroatoms. The third-order valence-corrected chi connectivity index (χ3v) is 4.98. The lowest BCUT2D eigenvalue weighted by molar-refractivity contribution is -0.127. The van der Waals surface area contributed by atoms with Crippen LogP contribution in [0, 0.1) is 24.2 Å². The number of rotatable bonds is 2. The molecule has 0 bridgehead atoms. The van der Waals surface area contributed by atoms with E-state index in [1.165, 1.54) is 0 Å². The highest BCUT2D eigenvalue weighted by Gasteiger charge is 2.45. The van der Waals surface area contributed by atoms with Gasteiger partial charge in [0.2, 0.25) is 5.91 Å². The van der Waals surface area contributed by atoms with E-state index in [2.05, 4.69) is 31.1 Å². The van der Waals surface area contributed by atoms with Gasteiger partial charge in [0.05, 0.1) is 0 Å². The van der Waals surface area contributed by atoms with E-state index in [9.17, 15) is 4.79 Å². The zero-order valence-electron chi connectivity index (χ0n) is 12.8. The molecular weight excluding hydrogens is 250 g/mol. The van der Waals surface area contributed by atoms with Gasteiger partial charge in [0.1, 0.15) is 5.82 Å². The molecule has 0 saturated heterocycles. The van der Waals surface area contributed by atoms with E-state index < -0.39 is 0 Å². The van der Waals surface area contributed by atoms with Crippen molar-refractivity contribution in [2.24, 2.45) is 23.0 Å². The molecule has 1 fully saturated rings. The second-order valence-corrected chi connectivity index (χ2v) is 6.61. The first-order valence-corrected chi connectivity index (χ1v) is 7.31. The molecule has 0 spiro atoms. The molecule has 3 unspecified atom stereocenters. The minimum absolute atomic E-state index is 0.0135. The zero-order chi connectivity index (χ0) is 14.9. The van der Waals surface area contributed by atoms with Gasteiger partial charge in [-0.15, -0.1) is 0 Å². The Hall–Kier alpha value is -1.42. The minimum Gasteiger partial charge on any atom is -0.327 e. The predicted molar refractivity (Wildman–Crippen MR) is 81.2 cm³/mol. The van der Waals surface area contributed by atoms with Crippen molar-refractivity contribution in [3.8, 4) is 0 Å². The van der Waals surface area contributed by atoms with Crippen molar-refractivity contribution < 1.29 is 4.79 Å². The summed E-state index contributed by atoms with van der Waals surface area (Å²) in [6.07, 6.45) is 3.51. The maximum atomic E-state index is 12.5. The summed E-state index contributed by atoms with van der Waals surface area (Å²) >= 11 is 0. The fraction of sp³-hybridized carbons (Fsp3) is 0.625. The number of nitrogens with zero attached hydrogens (tertiary/aromatic N) is 1. The number of pyridine rings is 1. The minimum atomic E-state index is -0.0908. The molecule has 1 amide bonds. The highest BCUT2D eigenvalue weighted by Crippen LogP contribution is 2.44. The molecule has 3 N–H and O–H groups in total. The number of aromatic nitrogens is 1. The molecule has 0 aromatic carbocycles. The molecular formula is C16H25N3O. The molecule has 1 heterocycles. The Morgan fingerprint density at radius 2 is 2.10 bits per heavy atom. The lowest BCUT2D eigenvalue weighted by Crippen LogP contribution is -2.50. The summed E-state index contributed by atoms with van der Waals surface area (Å²) in [6, 6.07) is 3.98. The van der Waals surface area contributed by atoms with Crippen molar-refractivity contribution in [3.05, 3.63) is 23.9 Å². The predicted octanol–water partition coefficient (Wildman–Crippen LogP) is 2.73. The Kier molecular flexibility index (Phi) is 4.14. The van der Waals surface area contributed by atoms with Crippen LogP contribution in [0.5, 0.6) is 0 Å². The Morgan fingerprint density at radius 1 is 1.40 bits per heavy atom. The standard InChI is InChI=1S/C16H25N3O/c1-10-5-8-14(18-9-10)19-15(20)12-6-7-13(17)11(2)16(12,3)4/h5,8-9,11-13H,6-7,17H2,1-4H3,(H,18,19,20). The van der Waals surface area contributed by atoms with Crippen LogP contribution in [0.25, 0.3) is 0 Å². The van der Waals surface area contributed by atoms with Crippen LogP contribution in [0.1, 0.15) is 39.2 Å². The number of carbonyl (C=O) groups excluding carboxylic acids is 1. The summed E-state index contributed by atoms with van der Waals surface area (Å²) < 4.78 is 0. The summed E-state index contributed by atoms with van der Waals surface area (Å²) in [5, 5.41) is 2.94. The molecule has 0 radical (unpaired) electrons. The molecule has 1 saturated carbocycles. The van der Waals surface area contributed by atoms with Gasteiger partial charge in [-0.05, 0) is 42.7 Å². The van der Waals surface area contributed by atoms with Gasteiger partial charge >= 0.3 is 0 Å². The SMILES string of the molecule is Cc1ccc(NC(=O)C2CCC(N)C(C)C2(C)C)nc1. The van der Waals surface area contributed by atoms with E-state index in [4.69, 9.17) is 5.73 Å². The van der Waals surface area contributed by atoms with Crippen LogP contribution in [-0.2, 0) is 4.79 Å². The average molecular weight is 275 g/mol. The topological polar surface area (TPSA) is 68.0 Å². The number of hydrogen-bond acceptors (Lipinski definition) is 3. The van der Waals surface area contributed by atoms with Crippen molar-refractivity contribution in [2.45, 2.75) is 46.6 Å². The molecule has 1 aromatic rings. The van der Waals surface area contributed by atoms with Gasteiger partial charge in [-0.1, -0.05) is 26.8 Å². The molecule has 4 nitrogen and oxygen atoms in total. The number of nitrogens with one attached hydrogen (secondary N) is 1. The van der Waals surface area contributed by atoms with E-state index in [0.29, 0.717) is 11.7 Å². The van der Waals surface area contributed by atoms with Gasteiger partial charge in [0, 0.05) is 18.2 Å². The van der Waals surface area contributed by atoms with Gasteiger partial charge in [0.15, 0.2) is 0 Å². The van der Waals surface area contributed by atoms with E-state index in [1.807, 2.05) is 19.1 Å². The number of hydrogen-bond donors (Lipinski definition) is 2. The van der Waals surface area contributed by atoms with E-state index in [0.717, 1.165) is 18.4 Å². The van der Waals surface area contributed by atoms with E-state index in [1.54, 1.807) is 6.20 Å². The Morgan fingerprint density at radius 3 is 2.70 bits per heavy atom. The zero-order valence-corrected chi connectivity index (χ0v) is 12.8.